The van der Waals surface area contributed by atoms with Gasteiger partial charge in [0.15, 0.2) is 5.13 Å². The topological polar surface area (TPSA) is 109 Å². The molecule has 1 aliphatic rings. The van der Waals surface area contributed by atoms with Crippen LogP contribution in [0.2, 0.25) is 0 Å². The van der Waals surface area contributed by atoms with Gasteiger partial charge in [0.05, 0.1) is 10.2 Å². The zero-order valence-electron chi connectivity index (χ0n) is 15.7. The van der Waals surface area contributed by atoms with Gasteiger partial charge in [-0.15, -0.1) is 13.2 Å². The Hall–Kier alpha value is -2.89. The number of nitrogens with one attached hydrogen (secondary N) is 3. The number of thiazole rings is 1. The van der Waals surface area contributed by atoms with E-state index in [-0.39, 0.29) is 47.5 Å². The highest BCUT2D eigenvalue weighted by atomic mass is 32.1. The van der Waals surface area contributed by atoms with Crippen molar-refractivity contribution in [2.45, 2.75) is 44.5 Å². The van der Waals surface area contributed by atoms with E-state index in [2.05, 4.69) is 25.7 Å². The summed E-state index contributed by atoms with van der Waals surface area (Å²) in [5, 5.41) is 8.27. The van der Waals surface area contributed by atoms with Crippen molar-refractivity contribution in [3.63, 3.8) is 0 Å². The summed E-state index contributed by atoms with van der Waals surface area (Å²) < 4.78 is 41.2. The summed E-state index contributed by atoms with van der Waals surface area (Å²) in [4.78, 5) is 39.1. The minimum Gasteiger partial charge on any atom is -0.406 e. The zero-order chi connectivity index (χ0) is 21.7. The van der Waals surface area contributed by atoms with Gasteiger partial charge in [0.2, 0.25) is 17.7 Å². The highest BCUT2D eigenvalue weighted by Gasteiger charge is 2.31. The van der Waals surface area contributed by atoms with Crippen LogP contribution in [0.15, 0.2) is 18.2 Å². The monoisotopic (exact) mass is 444 g/mol. The van der Waals surface area contributed by atoms with Crippen LogP contribution in [-0.4, -0.2) is 41.7 Å². The van der Waals surface area contributed by atoms with Gasteiger partial charge < -0.3 is 20.7 Å². The molecule has 162 valence electrons. The van der Waals surface area contributed by atoms with Crippen LogP contribution < -0.4 is 20.7 Å². The molecule has 8 nitrogen and oxygen atoms in total. The van der Waals surface area contributed by atoms with Crippen molar-refractivity contribution in [3.8, 4) is 5.75 Å². The van der Waals surface area contributed by atoms with Crippen molar-refractivity contribution in [2.75, 3.05) is 11.9 Å². The summed E-state index contributed by atoms with van der Waals surface area (Å²) in [6.45, 7) is 0.310. The molecule has 0 saturated carbocycles. The SMILES string of the molecule is O=C(C[C@@H]1CCC(=O)N1)NCCCC(=O)Nc1nc2ccc(OC(F)(F)F)cc2s1. The van der Waals surface area contributed by atoms with Gasteiger partial charge >= 0.3 is 6.36 Å². The average molecular weight is 444 g/mol. The molecule has 0 radical (unpaired) electrons. The predicted octanol–water partition coefficient (Wildman–Crippen LogP) is 2.70. The van der Waals surface area contributed by atoms with E-state index in [1.807, 2.05) is 0 Å². The Balaban J connectivity index is 1.40. The number of amides is 3. The molecule has 0 spiro atoms. The fourth-order valence-electron chi connectivity index (χ4n) is 2.94. The number of ether oxygens (including phenoxy) is 1. The van der Waals surface area contributed by atoms with Gasteiger partial charge in [-0.1, -0.05) is 11.3 Å². The van der Waals surface area contributed by atoms with Crippen LogP contribution in [0.25, 0.3) is 10.2 Å². The molecule has 1 fully saturated rings. The van der Waals surface area contributed by atoms with Crippen molar-refractivity contribution >= 4 is 44.4 Å². The van der Waals surface area contributed by atoms with E-state index in [0.29, 0.717) is 36.0 Å². The van der Waals surface area contributed by atoms with Crippen LogP contribution in [-0.2, 0) is 14.4 Å². The normalized spacial score (nSPS) is 16.4. The van der Waals surface area contributed by atoms with E-state index in [0.717, 1.165) is 17.4 Å². The third kappa shape index (κ3) is 6.58. The number of benzene rings is 1. The highest BCUT2D eigenvalue weighted by Crippen LogP contribution is 2.31. The van der Waals surface area contributed by atoms with Crippen molar-refractivity contribution in [1.82, 2.24) is 15.6 Å². The molecule has 0 bridgehead atoms. The number of hydrogen-bond donors (Lipinski definition) is 3. The van der Waals surface area contributed by atoms with Gasteiger partial charge in [-0.05, 0) is 25.0 Å². The summed E-state index contributed by atoms with van der Waals surface area (Å²) >= 11 is 1.03. The Labute approximate surface area is 173 Å². The zero-order valence-corrected chi connectivity index (χ0v) is 16.5. The third-order valence-corrected chi connectivity index (χ3v) is 5.19. The maximum absolute atomic E-state index is 12.3. The van der Waals surface area contributed by atoms with Crippen molar-refractivity contribution in [3.05, 3.63) is 18.2 Å². The van der Waals surface area contributed by atoms with Gasteiger partial charge in [-0.25, -0.2) is 4.98 Å². The first kappa shape index (κ1) is 21.8. The van der Waals surface area contributed by atoms with Crippen LogP contribution in [0.4, 0.5) is 18.3 Å². The molecule has 2 heterocycles. The fourth-order valence-corrected chi connectivity index (χ4v) is 3.85. The first-order valence-corrected chi connectivity index (χ1v) is 10.0. The van der Waals surface area contributed by atoms with Crippen molar-refractivity contribution in [2.24, 2.45) is 0 Å². The summed E-state index contributed by atoms with van der Waals surface area (Å²) in [5.41, 5.74) is 0.441. The molecule has 0 aliphatic carbocycles. The lowest BCUT2D eigenvalue weighted by atomic mass is 10.1. The molecule has 1 aromatic carbocycles. The average Bonchev–Trinajstić information content (AvgIpc) is 3.22. The molecule has 1 saturated heterocycles. The Morgan fingerprint density at radius 2 is 2.10 bits per heavy atom. The third-order valence-electron chi connectivity index (χ3n) is 4.26. The number of hydrogen-bond acceptors (Lipinski definition) is 6. The first-order valence-electron chi connectivity index (χ1n) is 9.20. The maximum atomic E-state index is 12.3. The summed E-state index contributed by atoms with van der Waals surface area (Å²) in [6.07, 6.45) is -2.96. The standard InChI is InChI=1S/C18H19F3N4O4S/c19-18(20,21)29-11-4-5-12-13(9-11)30-17(24-12)25-14(26)2-1-7-22-16(28)8-10-3-6-15(27)23-10/h4-5,9-10H,1-3,6-8H2,(H,22,28)(H,23,27)(H,24,25,26)/t10-/m0/s1. The van der Waals surface area contributed by atoms with E-state index in [4.69, 9.17) is 0 Å². The van der Waals surface area contributed by atoms with E-state index in [9.17, 15) is 27.6 Å². The summed E-state index contributed by atoms with van der Waals surface area (Å²) in [6, 6.07) is 3.60. The van der Waals surface area contributed by atoms with Crippen LogP contribution in [0.5, 0.6) is 5.75 Å². The second-order valence-electron chi connectivity index (χ2n) is 6.71. The lowest BCUT2D eigenvalue weighted by Gasteiger charge is -2.10. The van der Waals surface area contributed by atoms with Gasteiger partial charge in [-0.3, -0.25) is 14.4 Å². The molecule has 3 amide bonds. The largest absolute Gasteiger partial charge is 0.573 e. The molecular formula is C18H19F3N4O4S. The highest BCUT2D eigenvalue weighted by molar-refractivity contribution is 7.22. The number of carbonyl (C=O) groups is 3. The van der Waals surface area contributed by atoms with Crippen LogP contribution >= 0.6 is 11.3 Å². The number of fused-ring (bicyclic) bond motifs is 1. The van der Waals surface area contributed by atoms with E-state index >= 15 is 0 Å². The maximum Gasteiger partial charge on any atom is 0.573 e. The molecule has 0 unspecified atom stereocenters. The first-order chi connectivity index (χ1) is 14.2. The Kier molecular flexibility index (Phi) is 6.75. The number of nitrogens with zero attached hydrogens (tertiary/aromatic N) is 1. The number of aromatic nitrogens is 1. The molecule has 3 rings (SSSR count). The van der Waals surface area contributed by atoms with Gasteiger partial charge in [0.1, 0.15) is 5.75 Å². The van der Waals surface area contributed by atoms with E-state index < -0.39 is 6.36 Å². The van der Waals surface area contributed by atoms with Gasteiger partial charge in [0.25, 0.3) is 0 Å². The van der Waals surface area contributed by atoms with Crippen LogP contribution in [0, 0.1) is 0 Å². The quantitative estimate of drug-likeness (QED) is 0.543. The minimum atomic E-state index is -4.78. The second-order valence-corrected chi connectivity index (χ2v) is 7.74. The lowest BCUT2D eigenvalue weighted by molar-refractivity contribution is -0.274. The molecule has 1 atom stereocenters. The number of rotatable bonds is 8. The minimum absolute atomic E-state index is 0.0524. The molecule has 1 aromatic heterocycles. The summed E-state index contributed by atoms with van der Waals surface area (Å²) in [7, 11) is 0. The van der Waals surface area contributed by atoms with Gasteiger partial charge in [0, 0.05) is 37.9 Å². The number of anilines is 1. The number of halogens is 3. The van der Waals surface area contributed by atoms with E-state index in [1.165, 1.54) is 12.1 Å². The fraction of sp³-hybridized carbons (Fsp3) is 0.444. The Morgan fingerprint density at radius 1 is 1.30 bits per heavy atom. The molecule has 30 heavy (non-hydrogen) atoms. The number of alkyl halides is 3. The molecule has 2 aromatic rings. The molecular weight excluding hydrogens is 425 g/mol. The van der Waals surface area contributed by atoms with Crippen molar-refractivity contribution in [1.29, 1.82) is 0 Å². The number of carbonyl (C=O) groups excluding carboxylic acids is 3. The second kappa shape index (κ2) is 9.28. The summed E-state index contributed by atoms with van der Waals surface area (Å²) in [5.74, 6) is -0.920. The Morgan fingerprint density at radius 3 is 2.80 bits per heavy atom. The molecule has 12 heteroatoms. The molecule has 1 aliphatic heterocycles. The Bertz CT molecular complexity index is 947. The van der Waals surface area contributed by atoms with Crippen molar-refractivity contribution < 1.29 is 32.3 Å². The van der Waals surface area contributed by atoms with Crippen LogP contribution in [0.1, 0.15) is 32.1 Å². The predicted molar refractivity (Wildman–Crippen MR) is 103 cm³/mol. The molecule has 3 N–H and O–H groups in total. The smallest absolute Gasteiger partial charge is 0.406 e. The lowest BCUT2D eigenvalue weighted by Crippen LogP contribution is -2.33. The van der Waals surface area contributed by atoms with Gasteiger partial charge in [-0.2, -0.15) is 0 Å². The van der Waals surface area contributed by atoms with Crippen LogP contribution in [0.3, 0.4) is 0 Å². The van der Waals surface area contributed by atoms with E-state index in [1.54, 1.807) is 0 Å².